The van der Waals surface area contributed by atoms with Crippen LogP contribution in [-0.4, -0.2) is 16.7 Å². The minimum absolute atomic E-state index is 0.226. The first-order chi connectivity index (χ1) is 11.4. The van der Waals surface area contributed by atoms with Gasteiger partial charge in [0.2, 0.25) is 0 Å². The van der Waals surface area contributed by atoms with Crippen LogP contribution in [0.3, 0.4) is 0 Å². The first-order valence-electron chi connectivity index (χ1n) is 7.74. The summed E-state index contributed by atoms with van der Waals surface area (Å²) in [4.78, 5) is 5.94. The second-order valence-electron chi connectivity index (χ2n) is 5.33. The first-order valence-corrected chi connectivity index (χ1v) is 9.50. The lowest BCUT2D eigenvalue weighted by Crippen LogP contribution is -2.21. The second-order valence-corrected chi connectivity index (χ2v) is 7.14. The van der Waals surface area contributed by atoms with Gasteiger partial charge in [-0.3, -0.25) is 0 Å². The van der Waals surface area contributed by atoms with E-state index in [1.807, 2.05) is 6.07 Å². The van der Waals surface area contributed by atoms with Crippen LogP contribution in [0, 0.1) is 0 Å². The molecule has 0 aliphatic rings. The van der Waals surface area contributed by atoms with E-state index >= 15 is 0 Å². The number of hydrogen-bond donors (Lipinski definition) is 2. The fourth-order valence-electron chi connectivity index (χ4n) is 2.50. The minimum atomic E-state index is 0.226. The lowest BCUT2D eigenvalue weighted by Gasteiger charge is -2.18. The average molecular weight is 345 g/mol. The van der Waals surface area contributed by atoms with Crippen molar-refractivity contribution in [2.24, 2.45) is 0 Å². The molecule has 2 N–H and O–H groups in total. The van der Waals surface area contributed by atoms with E-state index < -0.39 is 0 Å². The molecular formula is C18H20N2OS2. The molecule has 0 aliphatic heterocycles. The van der Waals surface area contributed by atoms with Crippen LogP contribution < -0.4 is 5.32 Å². The number of aliphatic hydroxyl groups is 1. The number of aromatic nitrogens is 1. The molecule has 2 heterocycles. The molecule has 0 aliphatic carbocycles. The molecule has 0 spiro atoms. The molecule has 0 saturated heterocycles. The largest absolute Gasteiger partial charge is 0.396 e. The van der Waals surface area contributed by atoms with E-state index in [2.05, 4.69) is 52.5 Å². The highest BCUT2D eigenvalue weighted by Gasteiger charge is 2.12. The Morgan fingerprint density at radius 3 is 2.70 bits per heavy atom. The molecule has 3 aromatic rings. The van der Waals surface area contributed by atoms with Gasteiger partial charge in [0.05, 0.1) is 10.6 Å². The van der Waals surface area contributed by atoms with Crippen molar-refractivity contribution in [3.8, 4) is 9.88 Å². The third-order valence-corrected chi connectivity index (χ3v) is 5.60. The number of rotatable bonds is 8. The monoisotopic (exact) mass is 344 g/mol. The molecule has 0 saturated carbocycles. The molecule has 1 atom stereocenters. The molecule has 120 valence electrons. The van der Waals surface area contributed by atoms with Crippen molar-refractivity contribution in [2.75, 3.05) is 6.61 Å². The summed E-state index contributed by atoms with van der Waals surface area (Å²) in [6.45, 7) is 0.969. The number of benzene rings is 1. The zero-order valence-electron chi connectivity index (χ0n) is 12.8. The Morgan fingerprint density at radius 1 is 1.09 bits per heavy atom. The van der Waals surface area contributed by atoms with Crippen molar-refractivity contribution in [1.29, 1.82) is 0 Å². The van der Waals surface area contributed by atoms with E-state index in [0.717, 1.165) is 30.1 Å². The zero-order chi connectivity index (χ0) is 15.9. The summed E-state index contributed by atoms with van der Waals surface area (Å²) < 4.78 is 0. The van der Waals surface area contributed by atoms with Crippen LogP contribution in [0.25, 0.3) is 9.88 Å². The van der Waals surface area contributed by atoms with Gasteiger partial charge in [-0.15, -0.1) is 22.7 Å². The minimum Gasteiger partial charge on any atom is -0.396 e. The fourth-order valence-corrected chi connectivity index (χ4v) is 4.13. The summed E-state index contributed by atoms with van der Waals surface area (Å²) in [7, 11) is 0. The van der Waals surface area contributed by atoms with Crippen LogP contribution in [0.5, 0.6) is 0 Å². The van der Waals surface area contributed by atoms with Crippen LogP contribution in [-0.2, 0) is 6.54 Å². The topological polar surface area (TPSA) is 45.1 Å². The Kier molecular flexibility index (Phi) is 5.93. The maximum atomic E-state index is 9.12. The summed E-state index contributed by atoms with van der Waals surface area (Å²) in [5.41, 5.74) is 2.33. The molecule has 23 heavy (non-hydrogen) atoms. The number of thiazole rings is 1. The van der Waals surface area contributed by atoms with Gasteiger partial charge in [0.1, 0.15) is 5.01 Å². The number of nitrogens with one attached hydrogen (secondary N) is 1. The maximum absolute atomic E-state index is 9.12. The van der Waals surface area contributed by atoms with Gasteiger partial charge in [-0.25, -0.2) is 4.98 Å². The van der Waals surface area contributed by atoms with Crippen molar-refractivity contribution < 1.29 is 5.11 Å². The quantitative estimate of drug-likeness (QED) is 0.633. The van der Waals surface area contributed by atoms with Crippen LogP contribution in [0.1, 0.15) is 30.1 Å². The highest BCUT2D eigenvalue weighted by atomic mass is 32.1. The lowest BCUT2D eigenvalue weighted by atomic mass is 10.0. The molecule has 0 radical (unpaired) electrons. The van der Waals surface area contributed by atoms with E-state index in [1.165, 1.54) is 10.4 Å². The summed E-state index contributed by atoms with van der Waals surface area (Å²) in [5, 5.41) is 18.0. The number of thiophene rings is 1. The third kappa shape index (κ3) is 4.48. The van der Waals surface area contributed by atoms with Gasteiger partial charge in [-0.05, 0) is 29.9 Å². The van der Waals surface area contributed by atoms with E-state index in [0.29, 0.717) is 0 Å². The Hall–Kier alpha value is -1.53. The molecule has 3 rings (SSSR count). The van der Waals surface area contributed by atoms with Crippen LogP contribution in [0.2, 0.25) is 0 Å². The molecule has 2 aromatic heterocycles. The van der Waals surface area contributed by atoms with Crippen molar-refractivity contribution in [2.45, 2.75) is 25.4 Å². The SMILES string of the molecule is OCCCC(NCc1csc(-c2cccs2)n1)c1ccccc1. The highest BCUT2D eigenvalue weighted by Crippen LogP contribution is 2.28. The summed E-state index contributed by atoms with van der Waals surface area (Å²) in [6.07, 6.45) is 1.71. The van der Waals surface area contributed by atoms with Crippen LogP contribution in [0.4, 0.5) is 0 Å². The van der Waals surface area contributed by atoms with E-state index in [9.17, 15) is 0 Å². The highest BCUT2D eigenvalue weighted by molar-refractivity contribution is 7.20. The van der Waals surface area contributed by atoms with E-state index in [1.54, 1.807) is 22.7 Å². The Morgan fingerprint density at radius 2 is 1.96 bits per heavy atom. The molecule has 0 bridgehead atoms. The second kappa shape index (κ2) is 8.36. The summed E-state index contributed by atoms with van der Waals surface area (Å²) in [6, 6.07) is 14.8. The van der Waals surface area contributed by atoms with Crippen molar-refractivity contribution in [3.05, 3.63) is 64.5 Å². The predicted molar refractivity (Wildman–Crippen MR) is 97.8 cm³/mol. The van der Waals surface area contributed by atoms with Crippen molar-refractivity contribution in [1.82, 2.24) is 10.3 Å². The smallest absolute Gasteiger partial charge is 0.133 e. The Balaban J connectivity index is 1.64. The molecule has 5 heteroatoms. The van der Waals surface area contributed by atoms with Gasteiger partial charge in [0, 0.05) is 24.6 Å². The third-order valence-electron chi connectivity index (χ3n) is 3.67. The van der Waals surface area contributed by atoms with E-state index in [-0.39, 0.29) is 12.6 Å². The van der Waals surface area contributed by atoms with Crippen LogP contribution >= 0.6 is 22.7 Å². The van der Waals surface area contributed by atoms with Gasteiger partial charge in [-0.1, -0.05) is 36.4 Å². The number of hydrogen-bond acceptors (Lipinski definition) is 5. The van der Waals surface area contributed by atoms with Crippen molar-refractivity contribution >= 4 is 22.7 Å². The Bertz CT molecular complexity index is 695. The predicted octanol–water partition coefficient (Wildman–Crippen LogP) is 4.48. The van der Waals surface area contributed by atoms with Crippen LogP contribution in [0.15, 0.2) is 53.2 Å². The zero-order valence-corrected chi connectivity index (χ0v) is 14.4. The van der Waals surface area contributed by atoms with Crippen molar-refractivity contribution in [3.63, 3.8) is 0 Å². The number of aliphatic hydroxyl groups excluding tert-OH is 1. The fraction of sp³-hybridized carbons (Fsp3) is 0.278. The average Bonchev–Trinajstić information content (AvgIpc) is 3.27. The summed E-state index contributed by atoms with van der Waals surface area (Å²) >= 11 is 3.41. The normalized spacial score (nSPS) is 12.4. The molecule has 1 unspecified atom stereocenters. The molecule has 0 amide bonds. The van der Waals surface area contributed by atoms with Gasteiger partial charge < -0.3 is 10.4 Å². The molecular weight excluding hydrogens is 324 g/mol. The van der Waals surface area contributed by atoms with Gasteiger partial charge >= 0.3 is 0 Å². The summed E-state index contributed by atoms with van der Waals surface area (Å²) in [5.74, 6) is 0. The van der Waals surface area contributed by atoms with Gasteiger partial charge in [-0.2, -0.15) is 0 Å². The standard InChI is InChI=1S/C18H20N2OS2/c21-10-4-8-16(14-6-2-1-3-7-14)19-12-15-13-23-18(20-15)17-9-5-11-22-17/h1-3,5-7,9,11,13,16,19,21H,4,8,10,12H2. The maximum Gasteiger partial charge on any atom is 0.133 e. The lowest BCUT2D eigenvalue weighted by molar-refractivity contribution is 0.275. The molecule has 1 aromatic carbocycles. The molecule has 3 nitrogen and oxygen atoms in total. The van der Waals surface area contributed by atoms with Gasteiger partial charge in [0.15, 0.2) is 0 Å². The number of nitrogens with zero attached hydrogens (tertiary/aromatic N) is 1. The van der Waals surface area contributed by atoms with E-state index in [4.69, 9.17) is 10.1 Å². The first kappa shape index (κ1) is 16.3. The Labute approximate surface area is 144 Å². The van der Waals surface area contributed by atoms with Gasteiger partial charge in [0.25, 0.3) is 0 Å². The molecule has 0 fully saturated rings.